The fourth-order valence-electron chi connectivity index (χ4n) is 2.75. The number of piperidine rings is 1. The molecule has 0 radical (unpaired) electrons. The van der Waals surface area contributed by atoms with Gasteiger partial charge in [-0.05, 0) is 67.6 Å². The average Bonchev–Trinajstić information content (AvgIpc) is 3.08. The Bertz CT molecular complexity index is 1470. The number of ketones is 1. The third kappa shape index (κ3) is 3.93. The van der Waals surface area contributed by atoms with Gasteiger partial charge >= 0.3 is 0 Å². The van der Waals surface area contributed by atoms with Gasteiger partial charge in [-0.25, -0.2) is 0 Å². The number of hydrogen-bond donors (Lipinski definition) is 0. The van der Waals surface area contributed by atoms with E-state index >= 15 is 0 Å². The largest absolute Gasteiger partial charge is 0.493 e. The van der Waals surface area contributed by atoms with Crippen molar-refractivity contribution >= 4 is 5.78 Å². The van der Waals surface area contributed by atoms with E-state index in [2.05, 4.69) is 0 Å². The number of nitrogens with zero attached hydrogens (tertiary/aromatic N) is 1. The van der Waals surface area contributed by atoms with Gasteiger partial charge in [-0.1, -0.05) is 30.3 Å². The molecule has 148 valence electrons. The van der Waals surface area contributed by atoms with Crippen molar-refractivity contribution in [2.24, 2.45) is 11.8 Å². The average molecular weight is 396 g/mol. The number of benzene rings is 2. The molecule has 0 N–H and O–H groups in total. The molecule has 0 spiro atoms. The van der Waals surface area contributed by atoms with Gasteiger partial charge in [-0.3, -0.25) is 9.69 Å². The van der Waals surface area contributed by atoms with E-state index in [0.29, 0.717) is 0 Å². The van der Waals surface area contributed by atoms with Gasteiger partial charge in [0.05, 0.1) is 14.2 Å². The van der Waals surface area contributed by atoms with Crippen molar-refractivity contribution in [3.8, 4) is 11.5 Å². The summed E-state index contributed by atoms with van der Waals surface area (Å²) in [6, 6.07) is 8.21. The summed E-state index contributed by atoms with van der Waals surface area (Å²) in [7, 11) is 2.36. The van der Waals surface area contributed by atoms with Gasteiger partial charge in [0.2, 0.25) is 0 Å². The van der Waals surface area contributed by atoms with Crippen LogP contribution in [0.15, 0.2) is 42.5 Å². The lowest BCUT2D eigenvalue weighted by molar-refractivity contribution is 0.0895. The molecule has 4 heteroatoms. The lowest BCUT2D eigenvalue weighted by Gasteiger charge is -2.32. The van der Waals surface area contributed by atoms with Crippen LogP contribution in [0.4, 0.5) is 0 Å². The smallest absolute Gasteiger partial charge is 0.166 e. The molecule has 0 bridgehead atoms. The van der Waals surface area contributed by atoms with Gasteiger partial charge in [0.25, 0.3) is 0 Å². The standard InChI is InChI=1S/C24H29NO3/c1-27-22-14-19-13-20(24(26)21(19)15-23(22)28-2)12-17-8-10-25(11-9-17)16-18-6-4-3-5-7-18/h3-7,14-15,17,20H,8-13,16H2,1-2H3/i8D2,9D2,10D2,11D2,12D2,13D2,16D2,17D,20D. The third-order valence-electron chi connectivity index (χ3n) is 4.11. The lowest BCUT2D eigenvalue weighted by atomic mass is 9.85. The Labute approximate surface area is 189 Å². The number of carbonyl (C=O) groups excluding carboxylic acids is 1. The molecule has 2 aliphatic rings. The van der Waals surface area contributed by atoms with Crippen molar-refractivity contribution in [2.75, 3.05) is 27.2 Å². The Balaban J connectivity index is 2.04. The quantitative estimate of drug-likeness (QED) is 0.728. The molecule has 1 heterocycles. The molecule has 1 unspecified atom stereocenters. The number of rotatable bonds is 6. The van der Waals surface area contributed by atoms with E-state index in [9.17, 15) is 4.79 Å². The summed E-state index contributed by atoms with van der Waals surface area (Å²) in [6.07, 6.45) is -16.3. The molecule has 4 nitrogen and oxygen atoms in total. The first-order valence-corrected chi connectivity index (χ1v) is 8.42. The Morgan fingerprint density at radius 2 is 1.82 bits per heavy atom. The topological polar surface area (TPSA) is 38.8 Å². The van der Waals surface area contributed by atoms with E-state index in [1.807, 2.05) is 0 Å². The zero-order chi connectivity index (χ0) is 33.9. The van der Waals surface area contributed by atoms with Gasteiger partial charge in [0, 0.05) is 39.9 Å². The number of hydrogen-bond acceptors (Lipinski definition) is 4. The highest BCUT2D eigenvalue weighted by atomic mass is 16.5. The summed E-state index contributed by atoms with van der Waals surface area (Å²) in [6.45, 7) is -11.4. The van der Waals surface area contributed by atoms with Gasteiger partial charge in [0.1, 0.15) is 0 Å². The van der Waals surface area contributed by atoms with Crippen LogP contribution in [0.25, 0.3) is 0 Å². The predicted octanol–water partition coefficient (Wildman–Crippen LogP) is 4.36. The Morgan fingerprint density at radius 3 is 2.50 bits per heavy atom. The molecule has 0 amide bonds. The highest BCUT2D eigenvalue weighted by Crippen LogP contribution is 2.39. The van der Waals surface area contributed by atoms with Crippen LogP contribution in [0.2, 0.25) is 0 Å². The van der Waals surface area contributed by atoms with Crippen LogP contribution in [-0.4, -0.2) is 37.9 Å². The molecule has 1 saturated heterocycles. The second-order valence-corrected chi connectivity index (χ2v) is 5.87. The summed E-state index contributed by atoms with van der Waals surface area (Å²) in [4.78, 5) is 13.4. The summed E-state index contributed by atoms with van der Waals surface area (Å²) in [5.41, 5.74) is -1.68. The first kappa shape index (κ1) is 7.83. The Morgan fingerprint density at radius 1 is 1.14 bits per heavy atom. The molecular formula is C24H29NO3. The number of fused-ring (bicyclic) bond motifs is 1. The summed E-state index contributed by atoms with van der Waals surface area (Å²) < 4.78 is 151. The van der Waals surface area contributed by atoms with Crippen molar-refractivity contribution in [1.29, 1.82) is 0 Å². The van der Waals surface area contributed by atoms with Crippen molar-refractivity contribution in [2.45, 2.75) is 32.0 Å². The first-order valence-electron chi connectivity index (χ1n) is 16.4. The second-order valence-electron chi connectivity index (χ2n) is 5.87. The normalized spacial score (nSPS) is 42.4. The van der Waals surface area contributed by atoms with Crippen molar-refractivity contribution < 1.29 is 36.2 Å². The predicted molar refractivity (Wildman–Crippen MR) is 110 cm³/mol. The van der Waals surface area contributed by atoms with Crippen molar-refractivity contribution in [1.82, 2.24) is 4.90 Å². The fraction of sp³-hybridized carbons (Fsp3) is 0.458. The maximum atomic E-state index is 13.8. The van der Waals surface area contributed by atoms with E-state index in [1.165, 1.54) is 32.4 Å². The molecule has 28 heavy (non-hydrogen) atoms. The van der Waals surface area contributed by atoms with E-state index in [1.54, 1.807) is 0 Å². The monoisotopic (exact) mass is 395 g/mol. The van der Waals surface area contributed by atoms with Crippen LogP contribution in [0.5, 0.6) is 11.5 Å². The first-order chi connectivity index (χ1) is 19.7. The lowest BCUT2D eigenvalue weighted by Crippen LogP contribution is -2.34. The molecule has 0 aromatic heterocycles. The highest BCUT2D eigenvalue weighted by molar-refractivity contribution is 6.02. The van der Waals surface area contributed by atoms with Crippen molar-refractivity contribution in [3.63, 3.8) is 0 Å². The van der Waals surface area contributed by atoms with E-state index in [4.69, 9.17) is 31.4 Å². The van der Waals surface area contributed by atoms with Gasteiger partial charge in [0.15, 0.2) is 17.3 Å². The zero-order valence-corrected chi connectivity index (χ0v) is 15.2. The number of likely N-dealkylation sites (tertiary alicyclic amines) is 1. The van der Waals surface area contributed by atoms with Crippen molar-refractivity contribution in [3.05, 3.63) is 59.2 Å². The van der Waals surface area contributed by atoms with E-state index in [-0.39, 0.29) is 11.5 Å². The molecule has 1 aliphatic heterocycles. The Hall–Kier alpha value is -2.33. The minimum Gasteiger partial charge on any atom is -0.493 e. The molecule has 1 atom stereocenters. The molecule has 0 saturated carbocycles. The van der Waals surface area contributed by atoms with Crippen LogP contribution in [-0.2, 0) is 12.9 Å². The minimum atomic E-state index is -4.43. The van der Waals surface area contributed by atoms with Crippen LogP contribution >= 0.6 is 0 Å². The fourth-order valence-corrected chi connectivity index (χ4v) is 2.75. The van der Waals surface area contributed by atoms with Crippen LogP contribution in [0.3, 0.4) is 0 Å². The minimum absolute atomic E-state index is 0.129. The van der Waals surface area contributed by atoms with Gasteiger partial charge in [-0.15, -0.1) is 0 Å². The van der Waals surface area contributed by atoms with Crippen LogP contribution < -0.4 is 9.47 Å². The Kier molecular flexibility index (Phi) is 2.34. The maximum Gasteiger partial charge on any atom is 0.166 e. The zero-order valence-electron chi connectivity index (χ0n) is 31.2. The van der Waals surface area contributed by atoms with Crippen LogP contribution in [0.1, 0.15) is 62.5 Å². The summed E-state index contributed by atoms with van der Waals surface area (Å²) in [5, 5.41) is 0. The number of ether oxygens (including phenoxy) is 2. The number of Topliss-reactive ketones (excluding diaryl/α,β-unsaturated/α-hetero) is 1. The summed E-state index contributed by atoms with van der Waals surface area (Å²) >= 11 is 0. The molecule has 2 aromatic rings. The van der Waals surface area contributed by atoms with Gasteiger partial charge in [-0.2, -0.15) is 0 Å². The van der Waals surface area contributed by atoms with Crippen LogP contribution in [0, 0.1) is 11.8 Å². The highest BCUT2D eigenvalue weighted by Gasteiger charge is 2.34. The van der Waals surface area contributed by atoms with E-state index in [0.717, 1.165) is 24.3 Å². The molecule has 1 fully saturated rings. The third-order valence-corrected chi connectivity index (χ3v) is 4.11. The van der Waals surface area contributed by atoms with Gasteiger partial charge < -0.3 is 9.47 Å². The SMILES string of the molecule is [2H]C([2H])(c1ccccc1)N1C([2H])([2H])C([2H])([2H])C([2H])(C([2H])([2H])C2([2H])C(=O)c3cc(OC)c(OC)cc3C2([2H])[2H])C([2H])([2H])C1([2H])[2H]. The summed E-state index contributed by atoms with van der Waals surface area (Å²) in [5.74, 6) is -10.3. The molecule has 1 aliphatic carbocycles. The van der Waals surface area contributed by atoms with E-state index < -0.39 is 84.1 Å². The molecule has 4 rings (SSSR count). The number of methoxy groups -OCH3 is 2. The number of carbonyl (C=O) groups is 1. The maximum absolute atomic E-state index is 13.8. The second kappa shape index (κ2) is 8.36. The molecular weight excluding hydrogens is 350 g/mol. The molecule has 2 aromatic carbocycles.